The smallest absolute Gasteiger partial charge is 0.0954 e. The molecule has 0 atom stereocenters. The third kappa shape index (κ3) is 4.11. The maximum atomic E-state index is 5.06. The van der Waals surface area contributed by atoms with E-state index in [0.717, 1.165) is 34.8 Å². The molecule has 2 aromatic rings. The Hall–Kier alpha value is -3.01. The van der Waals surface area contributed by atoms with Crippen LogP contribution < -0.4 is 5.32 Å². The van der Waals surface area contributed by atoms with Crippen LogP contribution in [0, 0.1) is 5.92 Å². The topological polar surface area (TPSA) is 49.6 Å². The normalized spacial score (nSPS) is 18.9. The predicted octanol–water partition coefficient (Wildman–Crippen LogP) is 5.14. The number of aliphatic imine (C=N–C) groups is 2. The van der Waals surface area contributed by atoms with Gasteiger partial charge in [0.25, 0.3) is 0 Å². The predicted molar refractivity (Wildman–Crippen MR) is 116 cm³/mol. The van der Waals surface area contributed by atoms with E-state index >= 15 is 0 Å². The van der Waals surface area contributed by atoms with Crippen molar-refractivity contribution in [2.24, 2.45) is 15.9 Å². The van der Waals surface area contributed by atoms with E-state index in [9.17, 15) is 0 Å². The fourth-order valence-corrected chi connectivity index (χ4v) is 3.53. The van der Waals surface area contributed by atoms with Gasteiger partial charge in [0.15, 0.2) is 0 Å². The van der Waals surface area contributed by atoms with Crippen LogP contribution >= 0.6 is 0 Å². The van der Waals surface area contributed by atoms with Crippen molar-refractivity contribution in [3.05, 3.63) is 83.6 Å². The molecule has 0 radical (unpaired) electrons. The Morgan fingerprint density at radius 3 is 2.61 bits per heavy atom. The third-order valence-corrected chi connectivity index (χ3v) is 5.49. The summed E-state index contributed by atoms with van der Waals surface area (Å²) in [6, 6.07) is 14.7. The Morgan fingerprint density at radius 2 is 1.96 bits per heavy atom. The third-order valence-electron chi connectivity index (χ3n) is 5.49. The molecule has 142 valence electrons. The van der Waals surface area contributed by atoms with Crippen LogP contribution in [0.1, 0.15) is 49.9 Å². The summed E-state index contributed by atoms with van der Waals surface area (Å²) in [6.07, 6.45) is 10.1. The van der Waals surface area contributed by atoms with Crippen molar-refractivity contribution in [1.29, 1.82) is 0 Å². The zero-order chi connectivity index (χ0) is 19.3. The minimum absolute atomic E-state index is 0.621. The number of benzene rings is 1. The summed E-state index contributed by atoms with van der Waals surface area (Å²) in [5.74, 6) is 0.621. The zero-order valence-electron chi connectivity index (χ0n) is 16.5. The first-order valence-corrected chi connectivity index (χ1v) is 9.96. The Balaban J connectivity index is 1.66. The van der Waals surface area contributed by atoms with Crippen molar-refractivity contribution < 1.29 is 0 Å². The SMILES string of the molecule is CC1=NC=CN/C1=C(\N=C(C)C1CCC1)c1ccc(Cc2ccccn2)cc1. The molecule has 0 spiro atoms. The molecule has 4 nitrogen and oxygen atoms in total. The lowest BCUT2D eigenvalue weighted by atomic mass is 9.82. The maximum Gasteiger partial charge on any atom is 0.0954 e. The molecule has 0 unspecified atom stereocenters. The van der Waals surface area contributed by atoms with Gasteiger partial charge < -0.3 is 5.32 Å². The van der Waals surface area contributed by atoms with Gasteiger partial charge in [0, 0.05) is 42.0 Å². The van der Waals surface area contributed by atoms with Crippen LogP contribution in [-0.2, 0) is 6.42 Å². The van der Waals surface area contributed by atoms with E-state index in [1.54, 1.807) is 6.20 Å². The van der Waals surface area contributed by atoms with Gasteiger partial charge in [-0.1, -0.05) is 36.8 Å². The van der Waals surface area contributed by atoms with Crippen LogP contribution in [-0.4, -0.2) is 16.4 Å². The van der Waals surface area contributed by atoms with Gasteiger partial charge in [-0.3, -0.25) is 15.0 Å². The standard InChI is InChI=1S/C24H26N4/c1-17(20-6-5-7-20)28-24(23-18(2)25-14-15-27-23)21-11-9-19(10-12-21)16-22-8-3-4-13-26-22/h3-4,8-15,20,27H,5-7,16H2,1-2H3/b24-23-,28-17?. The van der Waals surface area contributed by atoms with E-state index in [0.29, 0.717) is 5.92 Å². The van der Waals surface area contributed by atoms with Gasteiger partial charge in [0.2, 0.25) is 0 Å². The molecule has 1 aliphatic carbocycles. The number of nitrogens with zero attached hydrogens (tertiary/aromatic N) is 3. The monoisotopic (exact) mass is 370 g/mol. The molecule has 0 bridgehead atoms. The minimum Gasteiger partial charge on any atom is -0.357 e. The number of hydrogen-bond acceptors (Lipinski definition) is 4. The molecule has 0 saturated heterocycles. The second-order valence-electron chi connectivity index (χ2n) is 7.47. The molecule has 1 fully saturated rings. The molecule has 1 aromatic heterocycles. The molecule has 0 amide bonds. The summed E-state index contributed by atoms with van der Waals surface area (Å²) in [5.41, 5.74) is 7.56. The number of pyridine rings is 1. The van der Waals surface area contributed by atoms with Crippen LogP contribution in [0.25, 0.3) is 5.70 Å². The van der Waals surface area contributed by atoms with Gasteiger partial charge in [0.1, 0.15) is 0 Å². The highest BCUT2D eigenvalue weighted by Crippen LogP contribution is 2.30. The van der Waals surface area contributed by atoms with Crippen LogP contribution in [0.2, 0.25) is 0 Å². The average molecular weight is 371 g/mol. The fraction of sp³-hybridized carbons (Fsp3) is 0.292. The molecule has 28 heavy (non-hydrogen) atoms. The van der Waals surface area contributed by atoms with Crippen molar-refractivity contribution in [3.8, 4) is 0 Å². The molecule has 2 heterocycles. The lowest BCUT2D eigenvalue weighted by molar-refractivity contribution is 0.412. The Morgan fingerprint density at radius 1 is 1.14 bits per heavy atom. The van der Waals surface area contributed by atoms with E-state index < -0.39 is 0 Å². The first-order chi connectivity index (χ1) is 13.7. The van der Waals surface area contributed by atoms with Crippen molar-refractivity contribution in [2.75, 3.05) is 0 Å². The van der Waals surface area contributed by atoms with Gasteiger partial charge in [-0.05, 0) is 50.3 Å². The maximum absolute atomic E-state index is 5.06. The summed E-state index contributed by atoms with van der Waals surface area (Å²) in [4.78, 5) is 13.9. The molecular weight excluding hydrogens is 344 g/mol. The van der Waals surface area contributed by atoms with E-state index in [1.165, 1.54) is 30.5 Å². The average Bonchev–Trinajstić information content (AvgIpc) is 2.67. The van der Waals surface area contributed by atoms with Crippen molar-refractivity contribution >= 4 is 17.1 Å². The number of allylic oxidation sites excluding steroid dienone is 1. The number of nitrogens with one attached hydrogen (secondary N) is 1. The van der Waals surface area contributed by atoms with Crippen LogP contribution in [0.15, 0.2) is 76.7 Å². The first kappa shape index (κ1) is 18.4. The lowest BCUT2D eigenvalue weighted by Crippen LogP contribution is -2.21. The number of aromatic nitrogens is 1. The molecular formula is C24H26N4. The van der Waals surface area contributed by atoms with Crippen molar-refractivity contribution in [3.63, 3.8) is 0 Å². The van der Waals surface area contributed by atoms with E-state index in [2.05, 4.69) is 52.5 Å². The molecule has 4 rings (SSSR count). The summed E-state index contributed by atoms with van der Waals surface area (Å²) in [7, 11) is 0. The largest absolute Gasteiger partial charge is 0.357 e. The highest BCUT2D eigenvalue weighted by Gasteiger charge is 2.22. The van der Waals surface area contributed by atoms with Gasteiger partial charge in [-0.15, -0.1) is 0 Å². The summed E-state index contributed by atoms with van der Waals surface area (Å²) < 4.78 is 0. The zero-order valence-corrected chi connectivity index (χ0v) is 16.5. The second-order valence-corrected chi connectivity index (χ2v) is 7.47. The van der Waals surface area contributed by atoms with Gasteiger partial charge >= 0.3 is 0 Å². The fourth-order valence-electron chi connectivity index (χ4n) is 3.53. The number of hydrogen-bond donors (Lipinski definition) is 1. The number of rotatable bonds is 5. The molecule has 1 N–H and O–H groups in total. The highest BCUT2D eigenvalue weighted by atomic mass is 15.0. The molecule has 2 aliphatic rings. The van der Waals surface area contributed by atoms with Crippen LogP contribution in [0.5, 0.6) is 0 Å². The first-order valence-electron chi connectivity index (χ1n) is 9.96. The summed E-state index contributed by atoms with van der Waals surface area (Å²) in [6.45, 7) is 4.18. The van der Waals surface area contributed by atoms with Crippen molar-refractivity contribution in [2.45, 2.75) is 39.5 Å². The Kier molecular flexibility index (Phi) is 5.47. The van der Waals surface area contributed by atoms with Crippen LogP contribution in [0.4, 0.5) is 0 Å². The molecule has 1 aliphatic heterocycles. The van der Waals surface area contributed by atoms with E-state index in [1.807, 2.05) is 31.5 Å². The highest BCUT2D eigenvalue weighted by molar-refractivity contribution is 6.06. The van der Waals surface area contributed by atoms with Crippen LogP contribution in [0.3, 0.4) is 0 Å². The Labute approximate surface area is 166 Å². The van der Waals surface area contributed by atoms with Gasteiger partial charge in [-0.2, -0.15) is 0 Å². The molecule has 1 aromatic carbocycles. The van der Waals surface area contributed by atoms with E-state index in [4.69, 9.17) is 4.99 Å². The quantitative estimate of drug-likeness (QED) is 0.741. The van der Waals surface area contributed by atoms with Crippen molar-refractivity contribution in [1.82, 2.24) is 10.3 Å². The summed E-state index contributed by atoms with van der Waals surface area (Å²) in [5, 5.41) is 3.35. The second kappa shape index (κ2) is 8.34. The van der Waals surface area contributed by atoms with E-state index in [-0.39, 0.29) is 0 Å². The summed E-state index contributed by atoms with van der Waals surface area (Å²) >= 11 is 0. The molecule has 1 saturated carbocycles. The lowest BCUT2D eigenvalue weighted by Gasteiger charge is -2.26. The molecule has 4 heteroatoms. The van der Waals surface area contributed by atoms with Gasteiger partial charge in [0.05, 0.1) is 17.1 Å². The Bertz CT molecular complexity index is 946. The minimum atomic E-state index is 0.621. The van der Waals surface area contributed by atoms with Gasteiger partial charge in [-0.25, -0.2) is 0 Å².